The Morgan fingerprint density at radius 2 is 1.63 bits per heavy atom. The van der Waals surface area contributed by atoms with Gasteiger partial charge in [0, 0.05) is 18.7 Å². The maximum atomic E-state index is 13.5. The molecule has 1 heterocycles. The molecule has 208 valence electrons. The van der Waals surface area contributed by atoms with E-state index in [2.05, 4.69) is 35.5 Å². The number of benzene rings is 4. The number of carbonyl (C=O) groups excluding carboxylic acids is 2. The number of aryl methyl sites for hydroxylation is 1. The molecular formula is C35H35N3O3. The minimum Gasteiger partial charge on any atom is -0.449 e. The molecule has 0 bridgehead atoms. The zero-order valence-electron chi connectivity index (χ0n) is 23.5. The fourth-order valence-electron chi connectivity index (χ4n) is 4.92. The molecule has 0 aliphatic carbocycles. The van der Waals surface area contributed by atoms with Crippen LogP contribution in [0.4, 0.5) is 5.69 Å². The van der Waals surface area contributed by atoms with Gasteiger partial charge in [-0.15, -0.1) is 0 Å². The van der Waals surface area contributed by atoms with Crippen LogP contribution < -0.4 is 15.0 Å². The van der Waals surface area contributed by atoms with E-state index in [1.807, 2.05) is 79.7 Å². The van der Waals surface area contributed by atoms with Crippen LogP contribution in [0.3, 0.4) is 0 Å². The summed E-state index contributed by atoms with van der Waals surface area (Å²) in [6.07, 6.45) is 2.59. The smallest absolute Gasteiger partial charge is 0.294 e. The average molecular weight is 546 g/mol. The second-order valence-electron chi connectivity index (χ2n) is 10.4. The highest BCUT2D eigenvalue weighted by Crippen LogP contribution is 2.36. The van der Waals surface area contributed by atoms with Crippen molar-refractivity contribution in [2.45, 2.75) is 26.4 Å². The first-order valence-corrected chi connectivity index (χ1v) is 13.9. The lowest BCUT2D eigenvalue weighted by Crippen LogP contribution is -2.36. The van der Waals surface area contributed by atoms with Gasteiger partial charge < -0.3 is 15.0 Å². The van der Waals surface area contributed by atoms with Crippen molar-refractivity contribution in [1.29, 1.82) is 0 Å². The molecule has 4 aromatic rings. The molecule has 1 aliphatic heterocycles. The highest BCUT2D eigenvalue weighted by atomic mass is 16.5. The summed E-state index contributed by atoms with van der Waals surface area (Å²) in [7, 11) is 2.09. The Bertz CT molecular complexity index is 1530. The Balaban J connectivity index is 1.19. The van der Waals surface area contributed by atoms with Crippen molar-refractivity contribution >= 4 is 23.6 Å². The lowest BCUT2D eigenvalue weighted by Gasteiger charge is -2.30. The van der Waals surface area contributed by atoms with E-state index in [-0.39, 0.29) is 17.6 Å². The average Bonchev–Trinajstić information content (AvgIpc) is 2.98. The number of fused-ring (bicyclic) bond motifs is 1. The van der Waals surface area contributed by atoms with Crippen LogP contribution in [-0.2, 0) is 17.9 Å². The lowest BCUT2D eigenvalue weighted by atomic mass is 10.1. The third-order valence-electron chi connectivity index (χ3n) is 7.02. The van der Waals surface area contributed by atoms with Gasteiger partial charge in [-0.3, -0.25) is 14.5 Å². The maximum Gasteiger partial charge on any atom is 0.294 e. The van der Waals surface area contributed by atoms with E-state index in [1.54, 1.807) is 23.1 Å². The van der Waals surface area contributed by atoms with E-state index >= 15 is 0 Å². The number of nitrogens with one attached hydrogen (secondary N) is 1. The summed E-state index contributed by atoms with van der Waals surface area (Å²) >= 11 is 0. The molecule has 1 aliphatic rings. The molecule has 0 saturated heterocycles. The predicted octanol–water partition coefficient (Wildman–Crippen LogP) is 6.21. The molecule has 0 radical (unpaired) electrons. The zero-order valence-corrected chi connectivity index (χ0v) is 23.5. The highest BCUT2D eigenvalue weighted by Gasteiger charge is 2.30. The van der Waals surface area contributed by atoms with Gasteiger partial charge in [0.2, 0.25) is 0 Å². The van der Waals surface area contributed by atoms with E-state index in [1.165, 1.54) is 5.56 Å². The summed E-state index contributed by atoms with van der Waals surface area (Å²) in [6, 6.07) is 33.3. The van der Waals surface area contributed by atoms with Crippen molar-refractivity contribution in [3.8, 4) is 5.75 Å². The number of carbonyl (C=O) groups is 2. The van der Waals surface area contributed by atoms with Crippen LogP contribution in [0.1, 0.15) is 39.0 Å². The minimum absolute atomic E-state index is 0.113. The molecule has 2 amide bonds. The molecule has 0 fully saturated rings. The van der Waals surface area contributed by atoms with Crippen LogP contribution in [0.15, 0.2) is 109 Å². The first-order chi connectivity index (χ1) is 20.0. The Labute approximate surface area is 241 Å². The van der Waals surface area contributed by atoms with Crippen molar-refractivity contribution in [1.82, 2.24) is 10.2 Å². The SMILES string of the molecule is Cc1cccc(CN2C(=O)/C(=C\c3ccc(C(=O)NCCCN(C)Cc4ccccc4)cc3)Oc3ccccc32)c1. The highest BCUT2D eigenvalue weighted by molar-refractivity contribution is 6.09. The quantitative estimate of drug-likeness (QED) is 0.190. The molecule has 6 nitrogen and oxygen atoms in total. The summed E-state index contributed by atoms with van der Waals surface area (Å²) in [5.74, 6) is 0.562. The number of amides is 2. The van der Waals surface area contributed by atoms with Gasteiger partial charge in [0.1, 0.15) is 0 Å². The largest absolute Gasteiger partial charge is 0.449 e. The van der Waals surface area contributed by atoms with Gasteiger partial charge >= 0.3 is 0 Å². The molecule has 0 atom stereocenters. The molecule has 0 aromatic heterocycles. The molecule has 6 heteroatoms. The van der Waals surface area contributed by atoms with Crippen LogP contribution in [0.2, 0.25) is 0 Å². The third kappa shape index (κ3) is 7.29. The van der Waals surface area contributed by atoms with Gasteiger partial charge in [-0.2, -0.15) is 0 Å². The molecule has 4 aromatic carbocycles. The topological polar surface area (TPSA) is 61.9 Å². The Morgan fingerprint density at radius 1 is 0.902 bits per heavy atom. The molecule has 1 N–H and O–H groups in total. The number of hydrogen-bond acceptors (Lipinski definition) is 4. The van der Waals surface area contributed by atoms with E-state index in [4.69, 9.17) is 4.74 Å². The van der Waals surface area contributed by atoms with Crippen LogP contribution in [0.5, 0.6) is 5.75 Å². The maximum absolute atomic E-state index is 13.5. The van der Waals surface area contributed by atoms with E-state index in [0.717, 1.165) is 41.9 Å². The third-order valence-corrected chi connectivity index (χ3v) is 7.02. The number of para-hydroxylation sites is 2. The second-order valence-corrected chi connectivity index (χ2v) is 10.4. The van der Waals surface area contributed by atoms with E-state index in [9.17, 15) is 9.59 Å². The van der Waals surface area contributed by atoms with Crippen LogP contribution in [0, 0.1) is 6.92 Å². The molecule has 0 saturated carbocycles. The summed E-state index contributed by atoms with van der Waals surface area (Å²) in [6.45, 7) is 4.86. The standard InChI is InChI=1S/C35H35N3O3/c1-26-10-8-13-29(22-26)25-38-31-14-6-7-15-32(31)41-33(35(38)40)23-27-16-18-30(19-17-27)34(39)36-20-9-21-37(2)24-28-11-4-3-5-12-28/h3-8,10-19,22-23H,9,20-21,24-25H2,1-2H3,(H,36,39)/b33-23+. The van der Waals surface area contributed by atoms with Gasteiger partial charge in [0.25, 0.3) is 11.8 Å². The first kappa shape index (κ1) is 27.9. The Morgan fingerprint density at radius 3 is 2.41 bits per heavy atom. The number of nitrogens with zero attached hydrogens (tertiary/aromatic N) is 2. The Kier molecular flexibility index (Phi) is 8.92. The number of ether oxygens (including phenoxy) is 1. The molecular weight excluding hydrogens is 510 g/mol. The van der Waals surface area contributed by atoms with Crippen LogP contribution in [0.25, 0.3) is 6.08 Å². The first-order valence-electron chi connectivity index (χ1n) is 13.9. The molecule has 41 heavy (non-hydrogen) atoms. The predicted molar refractivity (Wildman–Crippen MR) is 164 cm³/mol. The number of anilines is 1. The number of rotatable bonds is 10. The fraction of sp³-hybridized carbons (Fsp3) is 0.200. The molecule has 0 spiro atoms. The van der Waals surface area contributed by atoms with Gasteiger partial charge in [-0.05, 0) is 74.0 Å². The summed E-state index contributed by atoms with van der Waals surface area (Å²) in [5, 5.41) is 3.00. The number of hydrogen-bond donors (Lipinski definition) is 1. The lowest BCUT2D eigenvalue weighted by molar-refractivity contribution is -0.117. The van der Waals surface area contributed by atoms with Crippen molar-refractivity contribution < 1.29 is 14.3 Å². The van der Waals surface area contributed by atoms with Crippen molar-refractivity contribution in [2.75, 3.05) is 25.0 Å². The van der Waals surface area contributed by atoms with E-state index < -0.39 is 0 Å². The monoisotopic (exact) mass is 545 g/mol. The second kappa shape index (κ2) is 13.1. The van der Waals surface area contributed by atoms with E-state index in [0.29, 0.717) is 24.4 Å². The van der Waals surface area contributed by atoms with Crippen molar-refractivity contribution in [2.24, 2.45) is 0 Å². The van der Waals surface area contributed by atoms with Crippen molar-refractivity contribution in [3.05, 3.63) is 137 Å². The van der Waals surface area contributed by atoms with Crippen LogP contribution in [-0.4, -0.2) is 36.9 Å². The van der Waals surface area contributed by atoms with Gasteiger partial charge in [-0.25, -0.2) is 0 Å². The minimum atomic E-state index is -0.204. The molecule has 0 unspecified atom stereocenters. The van der Waals surface area contributed by atoms with Gasteiger partial charge in [0.15, 0.2) is 11.5 Å². The van der Waals surface area contributed by atoms with Gasteiger partial charge in [0.05, 0.1) is 12.2 Å². The summed E-state index contributed by atoms with van der Waals surface area (Å²) in [5.41, 5.74) is 5.57. The molecule has 5 rings (SSSR count). The van der Waals surface area contributed by atoms with Crippen LogP contribution >= 0.6 is 0 Å². The van der Waals surface area contributed by atoms with Gasteiger partial charge in [-0.1, -0.05) is 84.4 Å². The zero-order chi connectivity index (χ0) is 28.6. The summed E-state index contributed by atoms with van der Waals surface area (Å²) in [4.78, 5) is 30.2. The summed E-state index contributed by atoms with van der Waals surface area (Å²) < 4.78 is 6.03. The Hall–Kier alpha value is -4.68. The fourth-order valence-corrected chi connectivity index (χ4v) is 4.92. The normalized spacial score (nSPS) is 13.7. The van der Waals surface area contributed by atoms with Crippen molar-refractivity contribution in [3.63, 3.8) is 0 Å².